The Morgan fingerprint density at radius 1 is 1.13 bits per heavy atom. The first kappa shape index (κ1) is 15.5. The van der Waals surface area contributed by atoms with E-state index in [1.165, 1.54) is 25.7 Å². The summed E-state index contributed by atoms with van der Waals surface area (Å²) in [5.41, 5.74) is 0.930. The second kappa shape index (κ2) is 7.21. The van der Waals surface area contributed by atoms with Gasteiger partial charge in [0.15, 0.2) is 5.65 Å². The van der Waals surface area contributed by atoms with Crippen molar-refractivity contribution in [3.05, 3.63) is 35.2 Å². The van der Waals surface area contributed by atoms with Crippen molar-refractivity contribution < 1.29 is 0 Å². The van der Waals surface area contributed by atoms with Gasteiger partial charge in [0.25, 0.3) is 0 Å². The van der Waals surface area contributed by atoms with Gasteiger partial charge in [-0.05, 0) is 19.3 Å². The summed E-state index contributed by atoms with van der Waals surface area (Å²) in [7, 11) is 0. The molecule has 3 heterocycles. The van der Waals surface area contributed by atoms with Crippen LogP contribution in [0.2, 0.25) is 0 Å². The van der Waals surface area contributed by atoms with E-state index < -0.39 is 0 Å². The lowest BCUT2D eigenvalue weighted by atomic mass is 10.1. The van der Waals surface area contributed by atoms with Gasteiger partial charge >= 0.3 is 5.69 Å². The summed E-state index contributed by atoms with van der Waals surface area (Å²) in [6, 6.07) is 0. The molecule has 0 aliphatic carbocycles. The third-order valence-electron chi connectivity index (χ3n) is 4.10. The van der Waals surface area contributed by atoms with Gasteiger partial charge in [-0.2, -0.15) is 5.10 Å². The summed E-state index contributed by atoms with van der Waals surface area (Å²) < 4.78 is 1.56. The van der Waals surface area contributed by atoms with Crippen LogP contribution in [-0.4, -0.2) is 29.8 Å². The van der Waals surface area contributed by atoms with Gasteiger partial charge < -0.3 is 0 Å². The highest BCUT2D eigenvalue weighted by molar-refractivity contribution is 5.87. The van der Waals surface area contributed by atoms with Gasteiger partial charge in [-0.25, -0.2) is 9.20 Å². The van der Waals surface area contributed by atoms with E-state index in [1.54, 1.807) is 10.6 Å². The van der Waals surface area contributed by atoms with Gasteiger partial charge in [-0.15, -0.1) is 16.8 Å². The van der Waals surface area contributed by atoms with Crippen molar-refractivity contribution in [2.24, 2.45) is 0 Å². The van der Waals surface area contributed by atoms with Gasteiger partial charge in [-0.1, -0.05) is 31.8 Å². The zero-order chi connectivity index (χ0) is 16.1. The number of aryl methyl sites for hydroxylation is 1. The monoisotopic (exact) mass is 314 g/mol. The van der Waals surface area contributed by atoms with Crippen LogP contribution in [0.3, 0.4) is 0 Å². The van der Waals surface area contributed by atoms with Crippen molar-refractivity contribution in [1.29, 1.82) is 0 Å². The number of nitrogens with one attached hydrogen (secondary N) is 2. The van der Waals surface area contributed by atoms with E-state index in [1.807, 2.05) is 6.08 Å². The molecule has 2 N–H and O–H groups in total. The molecule has 0 radical (unpaired) electrons. The van der Waals surface area contributed by atoms with Gasteiger partial charge in [-0.3, -0.25) is 10.1 Å². The molecule has 7 nitrogen and oxygen atoms in total. The average molecular weight is 314 g/mol. The van der Waals surface area contributed by atoms with Gasteiger partial charge in [0.05, 0.1) is 11.6 Å². The largest absolute Gasteiger partial charge is 0.334 e. The molecular weight excluding hydrogens is 292 g/mol. The molecule has 0 atom stereocenters. The van der Waals surface area contributed by atoms with Crippen LogP contribution in [-0.2, 0) is 6.42 Å². The number of H-pyrrole nitrogens is 2. The summed E-state index contributed by atoms with van der Waals surface area (Å²) in [4.78, 5) is 15.0. The van der Waals surface area contributed by atoms with E-state index in [4.69, 9.17) is 0 Å². The summed E-state index contributed by atoms with van der Waals surface area (Å²) in [6.07, 6.45) is 12.6. The molecule has 3 rings (SSSR count). The van der Waals surface area contributed by atoms with Crippen LogP contribution in [0, 0.1) is 0 Å². The maximum absolute atomic E-state index is 12.2. The first-order valence-electron chi connectivity index (χ1n) is 8.21. The molecule has 0 aliphatic heterocycles. The lowest BCUT2D eigenvalue weighted by Gasteiger charge is -2.01. The highest BCUT2D eigenvalue weighted by atomic mass is 16.1. The van der Waals surface area contributed by atoms with E-state index in [2.05, 4.69) is 32.0 Å². The van der Waals surface area contributed by atoms with Crippen LogP contribution in [0.1, 0.15) is 50.8 Å². The highest BCUT2D eigenvalue weighted by Gasteiger charge is 2.13. The van der Waals surface area contributed by atoms with Crippen molar-refractivity contribution in [2.45, 2.75) is 51.4 Å². The third kappa shape index (κ3) is 3.33. The first-order valence-corrected chi connectivity index (χ1v) is 8.21. The van der Waals surface area contributed by atoms with Gasteiger partial charge in [0, 0.05) is 6.42 Å². The number of hydrogen-bond donors (Lipinski definition) is 2. The fourth-order valence-electron chi connectivity index (χ4n) is 2.86. The molecule has 0 saturated carbocycles. The van der Waals surface area contributed by atoms with Gasteiger partial charge in [0.1, 0.15) is 11.5 Å². The molecular formula is C16H22N6O. The predicted octanol–water partition coefficient (Wildman–Crippen LogP) is 2.75. The smallest absolute Gasteiger partial charge is 0.291 e. The molecule has 0 aliphatic rings. The van der Waals surface area contributed by atoms with E-state index in [9.17, 15) is 4.79 Å². The average Bonchev–Trinajstić information content (AvgIpc) is 3.16. The van der Waals surface area contributed by atoms with Crippen molar-refractivity contribution in [1.82, 2.24) is 29.8 Å². The minimum absolute atomic E-state index is 0.221. The summed E-state index contributed by atoms with van der Waals surface area (Å²) in [5, 5.41) is 15.8. The molecule has 0 spiro atoms. The Balaban J connectivity index is 1.59. The SMILES string of the molecule is C=CCCCCCCCCc1nnc2c3cn[nH]c3[nH]c(=O)n12. The number of aromatic amines is 2. The molecule has 0 unspecified atom stereocenters. The maximum atomic E-state index is 12.2. The van der Waals surface area contributed by atoms with Crippen LogP contribution in [0.15, 0.2) is 23.6 Å². The number of aromatic nitrogens is 6. The predicted molar refractivity (Wildman–Crippen MR) is 89.5 cm³/mol. The van der Waals surface area contributed by atoms with Crippen LogP contribution in [0.25, 0.3) is 16.7 Å². The zero-order valence-corrected chi connectivity index (χ0v) is 13.2. The molecule has 0 aromatic carbocycles. The lowest BCUT2D eigenvalue weighted by Crippen LogP contribution is -2.18. The van der Waals surface area contributed by atoms with E-state index in [0.29, 0.717) is 11.3 Å². The Hall–Kier alpha value is -2.44. The first-order chi connectivity index (χ1) is 11.3. The summed E-state index contributed by atoms with van der Waals surface area (Å²) in [6.45, 7) is 3.73. The minimum atomic E-state index is -0.221. The molecule has 0 bridgehead atoms. The molecule has 23 heavy (non-hydrogen) atoms. The summed E-state index contributed by atoms with van der Waals surface area (Å²) >= 11 is 0. The maximum Gasteiger partial charge on any atom is 0.334 e. The second-order valence-electron chi connectivity index (χ2n) is 5.81. The van der Waals surface area contributed by atoms with Crippen LogP contribution in [0.5, 0.6) is 0 Å². The van der Waals surface area contributed by atoms with Crippen molar-refractivity contribution in [3.8, 4) is 0 Å². The summed E-state index contributed by atoms with van der Waals surface area (Å²) in [5.74, 6) is 0.719. The molecule has 122 valence electrons. The van der Waals surface area contributed by atoms with Crippen LogP contribution >= 0.6 is 0 Å². The Bertz CT molecular complexity index is 843. The van der Waals surface area contributed by atoms with Crippen molar-refractivity contribution in [2.75, 3.05) is 0 Å². The zero-order valence-electron chi connectivity index (χ0n) is 13.2. The fraction of sp³-hybridized carbons (Fsp3) is 0.500. The standard InChI is InChI=1S/C16H22N6O/c1-2-3-4-5-6-7-8-9-10-13-19-21-15-12-11-17-20-14(12)18-16(23)22(13)15/h2,11H,1,3-10H2,(H2,17,18,20,23). The second-order valence-corrected chi connectivity index (χ2v) is 5.81. The molecule has 0 amide bonds. The fourth-order valence-corrected chi connectivity index (χ4v) is 2.86. The Labute approximate surface area is 133 Å². The van der Waals surface area contributed by atoms with Crippen molar-refractivity contribution in [3.63, 3.8) is 0 Å². The Kier molecular flexibility index (Phi) is 4.85. The van der Waals surface area contributed by atoms with E-state index in [0.717, 1.165) is 36.9 Å². The number of unbranched alkanes of at least 4 members (excludes halogenated alkanes) is 6. The van der Waals surface area contributed by atoms with Crippen molar-refractivity contribution >= 4 is 16.7 Å². The lowest BCUT2D eigenvalue weighted by molar-refractivity contribution is 0.589. The number of hydrogen-bond acceptors (Lipinski definition) is 4. The highest BCUT2D eigenvalue weighted by Crippen LogP contribution is 2.14. The molecule has 0 fully saturated rings. The quantitative estimate of drug-likeness (QED) is 0.469. The number of nitrogens with zero attached hydrogens (tertiary/aromatic N) is 4. The topological polar surface area (TPSA) is 91.7 Å². The van der Waals surface area contributed by atoms with E-state index in [-0.39, 0.29) is 5.69 Å². The third-order valence-corrected chi connectivity index (χ3v) is 4.10. The number of allylic oxidation sites excluding steroid dienone is 1. The van der Waals surface area contributed by atoms with Gasteiger partial charge in [0.2, 0.25) is 0 Å². The Morgan fingerprint density at radius 3 is 2.74 bits per heavy atom. The van der Waals surface area contributed by atoms with E-state index >= 15 is 0 Å². The number of fused-ring (bicyclic) bond motifs is 3. The molecule has 3 aromatic heterocycles. The molecule has 7 heteroatoms. The molecule has 0 saturated heterocycles. The van der Waals surface area contributed by atoms with Crippen LogP contribution in [0.4, 0.5) is 0 Å². The normalized spacial score (nSPS) is 11.5. The molecule has 3 aromatic rings. The Morgan fingerprint density at radius 2 is 1.91 bits per heavy atom. The minimum Gasteiger partial charge on any atom is -0.291 e. The number of rotatable bonds is 9. The van der Waals surface area contributed by atoms with Crippen LogP contribution < -0.4 is 5.69 Å².